The van der Waals surface area contributed by atoms with E-state index in [1.54, 1.807) is 11.3 Å². The number of nitrogens with zero attached hydrogens (tertiary/aromatic N) is 1. The van der Waals surface area contributed by atoms with E-state index in [9.17, 15) is 0 Å². The molecule has 1 saturated heterocycles. The van der Waals surface area contributed by atoms with Crippen molar-refractivity contribution < 1.29 is 0 Å². The Hall–Kier alpha value is -0.380. The van der Waals surface area contributed by atoms with Crippen molar-refractivity contribution in [3.05, 3.63) is 22.4 Å². The minimum atomic E-state index is 0.213. The normalized spacial score (nSPS) is 26.7. The van der Waals surface area contributed by atoms with Crippen LogP contribution in [0.5, 0.6) is 0 Å². The summed E-state index contributed by atoms with van der Waals surface area (Å²) in [7, 11) is 0. The van der Waals surface area contributed by atoms with Crippen LogP contribution in [0.15, 0.2) is 16.8 Å². The first-order valence-corrected chi connectivity index (χ1v) is 6.64. The van der Waals surface area contributed by atoms with Gasteiger partial charge in [-0.25, -0.2) is 0 Å². The average Bonchev–Trinajstić information content (AvgIpc) is 2.77. The zero-order chi connectivity index (χ0) is 10.8. The van der Waals surface area contributed by atoms with Crippen molar-refractivity contribution in [2.45, 2.75) is 32.4 Å². The predicted molar refractivity (Wildman–Crippen MR) is 66.1 cm³/mol. The molecule has 1 aromatic heterocycles. The zero-order valence-corrected chi connectivity index (χ0v) is 10.3. The highest BCUT2D eigenvalue weighted by atomic mass is 32.1. The van der Waals surface area contributed by atoms with E-state index in [1.807, 2.05) is 0 Å². The van der Waals surface area contributed by atoms with Gasteiger partial charge < -0.3 is 5.73 Å². The third kappa shape index (κ3) is 2.41. The fraction of sp³-hybridized carbons (Fsp3) is 0.667. The lowest BCUT2D eigenvalue weighted by molar-refractivity contribution is 0.213. The van der Waals surface area contributed by atoms with Crippen LogP contribution in [0.4, 0.5) is 0 Å². The van der Waals surface area contributed by atoms with Gasteiger partial charge in [0, 0.05) is 12.6 Å². The fourth-order valence-corrected chi connectivity index (χ4v) is 3.20. The smallest absolute Gasteiger partial charge is 0.0504 e. The lowest BCUT2D eigenvalue weighted by Crippen LogP contribution is -2.38. The topological polar surface area (TPSA) is 29.3 Å². The molecule has 0 saturated carbocycles. The number of hydrogen-bond acceptors (Lipinski definition) is 3. The molecule has 0 aromatic carbocycles. The minimum Gasteiger partial charge on any atom is -0.326 e. The summed E-state index contributed by atoms with van der Waals surface area (Å²) < 4.78 is 0. The van der Waals surface area contributed by atoms with E-state index in [4.69, 9.17) is 5.73 Å². The van der Waals surface area contributed by atoms with Gasteiger partial charge in [-0.15, -0.1) is 0 Å². The molecule has 2 heterocycles. The van der Waals surface area contributed by atoms with Crippen LogP contribution in [0, 0.1) is 5.92 Å². The van der Waals surface area contributed by atoms with Crippen LogP contribution in [-0.4, -0.2) is 24.0 Å². The molecule has 0 amide bonds. The van der Waals surface area contributed by atoms with Crippen molar-refractivity contribution in [2.75, 3.05) is 13.1 Å². The lowest BCUT2D eigenvalue weighted by Gasteiger charge is -2.30. The first-order valence-electron chi connectivity index (χ1n) is 5.70. The third-order valence-corrected chi connectivity index (χ3v) is 3.93. The SMILES string of the molecule is CC1CCN(C(c2ccsc2)C(C)N)C1. The van der Waals surface area contributed by atoms with Crippen molar-refractivity contribution in [3.8, 4) is 0 Å². The molecule has 3 atom stereocenters. The molecule has 15 heavy (non-hydrogen) atoms. The van der Waals surface area contributed by atoms with Gasteiger partial charge in [0.2, 0.25) is 0 Å². The molecule has 2 nitrogen and oxygen atoms in total. The molecule has 1 fully saturated rings. The van der Waals surface area contributed by atoms with Crippen LogP contribution in [0.1, 0.15) is 31.9 Å². The van der Waals surface area contributed by atoms with E-state index in [0.717, 1.165) is 5.92 Å². The van der Waals surface area contributed by atoms with Gasteiger partial charge in [-0.05, 0) is 48.2 Å². The van der Waals surface area contributed by atoms with Crippen molar-refractivity contribution in [1.29, 1.82) is 0 Å². The number of thiophene rings is 1. The summed E-state index contributed by atoms with van der Waals surface area (Å²) in [4.78, 5) is 2.54. The minimum absolute atomic E-state index is 0.213. The first kappa shape index (κ1) is 11.1. The largest absolute Gasteiger partial charge is 0.326 e. The Bertz CT molecular complexity index is 295. The quantitative estimate of drug-likeness (QED) is 0.854. The Kier molecular flexibility index (Phi) is 3.44. The van der Waals surface area contributed by atoms with Crippen molar-refractivity contribution >= 4 is 11.3 Å². The molecule has 0 aliphatic carbocycles. The Balaban J connectivity index is 2.14. The number of hydrogen-bond donors (Lipinski definition) is 1. The molecule has 1 aliphatic rings. The molecular formula is C12H20N2S. The number of rotatable bonds is 3. The van der Waals surface area contributed by atoms with Crippen LogP contribution in [-0.2, 0) is 0 Å². The zero-order valence-electron chi connectivity index (χ0n) is 9.52. The Labute approximate surface area is 96.1 Å². The molecule has 2 N–H and O–H groups in total. The van der Waals surface area contributed by atoms with Crippen LogP contribution >= 0.6 is 11.3 Å². The molecule has 1 aliphatic heterocycles. The summed E-state index contributed by atoms with van der Waals surface area (Å²) in [5.74, 6) is 0.824. The maximum absolute atomic E-state index is 6.12. The molecular weight excluding hydrogens is 204 g/mol. The van der Waals surface area contributed by atoms with E-state index in [2.05, 4.69) is 35.6 Å². The van der Waals surface area contributed by atoms with E-state index in [-0.39, 0.29) is 6.04 Å². The second-order valence-corrected chi connectivity index (χ2v) is 5.53. The van der Waals surface area contributed by atoms with Gasteiger partial charge in [0.05, 0.1) is 6.04 Å². The van der Waals surface area contributed by atoms with Gasteiger partial charge in [0.15, 0.2) is 0 Å². The lowest BCUT2D eigenvalue weighted by atomic mass is 10.0. The van der Waals surface area contributed by atoms with Crippen molar-refractivity contribution in [2.24, 2.45) is 11.7 Å². The van der Waals surface area contributed by atoms with Crippen LogP contribution in [0.3, 0.4) is 0 Å². The summed E-state index contributed by atoms with van der Waals surface area (Å²) in [6.07, 6.45) is 1.31. The first-order chi connectivity index (χ1) is 7.18. The molecule has 0 bridgehead atoms. The van der Waals surface area contributed by atoms with Gasteiger partial charge >= 0.3 is 0 Å². The van der Waals surface area contributed by atoms with Gasteiger partial charge in [0.25, 0.3) is 0 Å². The van der Waals surface area contributed by atoms with E-state index >= 15 is 0 Å². The average molecular weight is 224 g/mol. The van der Waals surface area contributed by atoms with Gasteiger partial charge in [-0.2, -0.15) is 11.3 Å². The summed E-state index contributed by atoms with van der Waals surface area (Å²) >= 11 is 1.76. The summed E-state index contributed by atoms with van der Waals surface area (Å²) in [6, 6.07) is 2.84. The second kappa shape index (κ2) is 4.64. The highest BCUT2D eigenvalue weighted by molar-refractivity contribution is 7.07. The summed E-state index contributed by atoms with van der Waals surface area (Å²) in [6.45, 7) is 6.84. The predicted octanol–water partition coefficient (Wildman–Crippen LogP) is 2.48. The Morgan fingerprint density at radius 2 is 2.40 bits per heavy atom. The van der Waals surface area contributed by atoms with Crippen LogP contribution in [0.2, 0.25) is 0 Å². The molecule has 3 unspecified atom stereocenters. The highest BCUT2D eigenvalue weighted by Gasteiger charge is 2.29. The molecule has 0 radical (unpaired) electrons. The van der Waals surface area contributed by atoms with Gasteiger partial charge in [0.1, 0.15) is 0 Å². The van der Waals surface area contributed by atoms with E-state index < -0.39 is 0 Å². The molecule has 84 valence electrons. The van der Waals surface area contributed by atoms with E-state index in [1.165, 1.54) is 25.1 Å². The Morgan fingerprint density at radius 3 is 2.87 bits per heavy atom. The van der Waals surface area contributed by atoms with Crippen LogP contribution < -0.4 is 5.73 Å². The highest BCUT2D eigenvalue weighted by Crippen LogP contribution is 2.30. The third-order valence-electron chi connectivity index (χ3n) is 3.23. The Morgan fingerprint density at radius 1 is 1.60 bits per heavy atom. The summed E-state index contributed by atoms with van der Waals surface area (Å²) in [5.41, 5.74) is 7.51. The van der Waals surface area contributed by atoms with Crippen LogP contribution in [0.25, 0.3) is 0 Å². The molecule has 0 spiro atoms. The molecule has 2 rings (SSSR count). The number of nitrogens with two attached hydrogens (primary N) is 1. The second-order valence-electron chi connectivity index (χ2n) is 4.75. The monoisotopic (exact) mass is 224 g/mol. The van der Waals surface area contributed by atoms with Gasteiger partial charge in [-0.3, -0.25) is 4.90 Å². The summed E-state index contributed by atoms with van der Waals surface area (Å²) in [5, 5.41) is 4.38. The maximum Gasteiger partial charge on any atom is 0.0504 e. The fourth-order valence-electron chi connectivity index (χ4n) is 2.51. The molecule has 3 heteroatoms. The van der Waals surface area contributed by atoms with Crippen molar-refractivity contribution in [1.82, 2.24) is 4.90 Å². The maximum atomic E-state index is 6.12. The van der Waals surface area contributed by atoms with E-state index in [0.29, 0.717) is 6.04 Å². The molecule has 1 aromatic rings. The number of likely N-dealkylation sites (tertiary alicyclic amines) is 1. The standard InChI is InChI=1S/C12H20N2S/c1-9-3-5-14(7-9)12(10(2)13)11-4-6-15-8-11/h4,6,8-10,12H,3,5,7,13H2,1-2H3. The van der Waals surface area contributed by atoms with Crippen molar-refractivity contribution in [3.63, 3.8) is 0 Å². The van der Waals surface area contributed by atoms with Gasteiger partial charge in [-0.1, -0.05) is 6.92 Å².